The van der Waals surface area contributed by atoms with Crippen molar-refractivity contribution in [3.05, 3.63) is 70.9 Å². The fourth-order valence-corrected chi connectivity index (χ4v) is 4.43. The Labute approximate surface area is 154 Å². The summed E-state index contributed by atoms with van der Waals surface area (Å²) in [5, 5.41) is 0. The maximum absolute atomic E-state index is 13.1. The van der Waals surface area contributed by atoms with Crippen LogP contribution in [0.5, 0.6) is 0 Å². The summed E-state index contributed by atoms with van der Waals surface area (Å²) in [5.41, 5.74) is 7.06. The smallest absolute Gasteiger partial charge is 0.261 e. The van der Waals surface area contributed by atoms with Gasteiger partial charge in [0.05, 0.1) is 10.6 Å². The molecule has 134 valence electrons. The quantitative estimate of drug-likeness (QED) is 0.695. The number of nitrogens with two attached hydrogens (primary N) is 1. The molecule has 0 aliphatic heterocycles. The number of rotatable bonds is 5. The van der Waals surface area contributed by atoms with Gasteiger partial charge in [-0.3, -0.25) is 9.52 Å². The lowest BCUT2D eigenvalue weighted by atomic mass is 10.2. The maximum Gasteiger partial charge on any atom is 0.261 e. The summed E-state index contributed by atoms with van der Waals surface area (Å²) in [6.07, 6.45) is 0. The Bertz CT molecular complexity index is 1060. The van der Waals surface area contributed by atoms with Crippen molar-refractivity contribution in [1.29, 1.82) is 0 Å². The number of primary amides is 1. The number of hydrogen-bond donors (Lipinski definition) is 2. The molecule has 3 N–H and O–H groups in total. The zero-order valence-electron chi connectivity index (χ0n) is 13.7. The molecule has 0 atom stereocenters. The van der Waals surface area contributed by atoms with Crippen LogP contribution in [0.1, 0.15) is 15.2 Å². The molecule has 1 amide bonds. The van der Waals surface area contributed by atoms with E-state index < -0.39 is 15.9 Å². The molecule has 8 heteroatoms. The van der Waals surface area contributed by atoms with Crippen LogP contribution in [0.3, 0.4) is 0 Å². The minimum Gasteiger partial charge on any atom is -0.365 e. The highest BCUT2D eigenvalue weighted by Crippen LogP contribution is 2.35. The van der Waals surface area contributed by atoms with Crippen LogP contribution in [0.4, 0.5) is 10.1 Å². The van der Waals surface area contributed by atoms with E-state index in [1.165, 1.54) is 30.3 Å². The van der Waals surface area contributed by atoms with E-state index >= 15 is 0 Å². The Balaban J connectivity index is 2.00. The first kappa shape index (κ1) is 18.1. The molecular formula is C18H15FN2O3S2. The van der Waals surface area contributed by atoms with E-state index in [0.717, 1.165) is 16.9 Å². The van der Waals surface area contributed by atoms with Crippen molar-refractivity contribution in [2.24, 2.45) is 5.73 Å². The van der Waals surface area contributed by atoms with Crippen LogP contribution in [0, 0.1) is 12.7 Å². The number of aryl methyl sites for hydroxylation is 1. The van der Waals surface area contributed by atoms with Crippen molar-refractivity contribution in [1.82, 2.24) is 0 Å². The topological polar surface area (TPSA) is 89.3 Å². The zero-order chi connectivity index (χ0) is 18.9. The number of carbonyl (C=O) groups excluding carboxylic acids is 1. The van der Waals surface area contributed by atoms with Crippen molar-refractivity contribution < 1.29 is 17.6 Å². The van der Waals surface area contributed by atoms with Crippen LogP contribution in [-0.2, 0) is 10.0 Å². The van der Waals surface area contributed by atoms with Gasteiger partial charge < -0.3 is 5.73 Å². The van der Waals surface area contributed by atoms with Gasteiger partial charge in [-0.1, -0.05) is 29.8 Å². The summed E-state index contributed by atoms with van der Waals surface area (Å²) in [6, 6.07) is 13.5. The van der Waals surface area contributed by atoms with Gasteiger partial charge in [-0.05, 0) is 42.8 Å². The van der Waals surface area contributed by atoms with E-state index in [2.05, 4.69) is 4.72 Å². The fraction of sp³-hybridized carbons (Fsp3) is 0.0556. The molecule has 0 radical (unpaired) electrons. The molecule has 0 aliphatic carbocycles. The number of thiophene rings is 1. The van der Waals surface area contributed by atoms with Crippen molar-refractivity contribution in [3.8, 4) is 10.4 Å². The largest absolute Gasteiger partial charge is 0.365 e. The molecule has 1 heterocycles. The zero-order valence-corrected chi connectivity index (χ0v) is 15.3. The van der Waals surface area contributed by atoms with E-state index in [0.29, 0.717) is 10.4 Å². The van der Waals surface area contributed by atoms with Gasteiger partial charge in [-0.2, -0.15) is 0 Å². The number of carbonyl (C=O) groups is 1. The Morgan fingerprint density at radius 1 is 1.08 bits per heavy atom. The molecule has 0 saturated carbocycles. The highest BCUT2D eigenvalue weighted by molar-refractivity contribution is 7.92. The van der Waals surface area contributed by atoms with Gasteiger partial charge in [0.25, 0.3) is 15.9 Å². The molecule has 0 fully saturated rings. The van der Waals surface area contributed by atoms with Gasteiger partial charge in [0.1, 0.15) is 10.7 Å². The average molecular weight is 390 g/mol. The second kappa shape index (κ2) is 6.89. The van der Waals surface area contributed by atoms with E-state index in [-0.39, 0.29) is 21.3 Å². The Hall–Kier alpha value is -2.71. The summed E-state index contributed by atoms with van der Waals surface area (Å²) in [6.45, 7) is 1.85. The summed E-state index contributed by atoms with van der Waals surface area (Å²) < 4.78 is 40.6. The van der Waals surface area contributed by atoms with Crippen LogP contribution in [-0.4, -0.2) is 14.3 Å². The van der Waals surface area contributed by atoms with Gasteiger partial charge in [-0.15, -0.1) is 11.3 Å². The molecule has 1 aromatic heterocycles. The number of benzene rings is 2. The first-order valence-corrected chi connectivity index (χ1v) is 9.85. The van der Waals surface area contributed by atoms with Crippen LogP contribution < -0.4 is 10.5 Å². The SMILES string of the molecule is Cc1ccc(S(=O)(=O)Nc2cc(-c3ccc(F)cc3)sc2C(N)=O)cc1. The standard InChI is InChI=1S/C18H15FN2O3S2/c1-11-2-8-14(9-3-11)26(23,24)21-15-10-16(25-17(15)18(20)22)12-4-6-13(19)7-5-12/h2-10,21H,1H3,(H2,20,22). The van der Waals surface area contributed by atoms with Crippen LogP contribution in [0.2, 0.25) is 0 Å². The molecule has 0 unspecified atom stereocenters. The number of anilines is 1. The number of hydrogen-bond acceptors (Lipinski definition) is 4. The normalized spacial score (nSPS) is 11.3. The van der Waals surface area contributed by atoms with Crippen LogP contribution in [0.25, 0.3) is 10.4 Å². The highest BCUT2D eigenvalue weighted by atomic mass is 32.2. The summed E-state index contributed by atoms with van der Waals surface area (Å²) in [5.74, 6) is -1.13. The first-order valence-electron chi connectivity index (χ1n) is 7.55. The third-order valence-corrected chi connectivity index (χ3v) is 6.24. The molecule has 2 aromatic carbocycles. The minimum atomic E-state index is -3.87. The third kappa shape index (κ3) is 3.76. The summed E-state index contributed by atoms with van der Waals surface area (Å²) >= 11 is 1.04. The molecule has 0 aliphatic rings. The second-order valence-corrected chi connectivity index (χ2v) is 8.38. The Kier molecular flexibility index (Phi) is 4.80. The van der Waals surface area contributed by atoms with Crippen molar-refractivity contribution in [2.45, 2.75) is 11.8 Å². The number of sulfonamides is 1. The minimum absolute atomic E-state index is 0.0769. The first-order chi connectivity index (χ1) is 12.3. The Morgan fingerprint density at radius 2 is 1.69 bits per heavy atom. The Morgan fingerprint density at radius 3 is 2.27 bits per heavy atom. The highest BCUT2D eigenvalue weighted by Gasteiger charge is 2.21. The van der Waals surface area contributed by atoms with Crippen molar-refractivity contribution in [3.63, 3.8) is 0 Å². The van der Waals surface area contributed by atoms with Crippen LogP contribution in [0.15, 0.2) is 59.5 Å². The summed E-state index contributed by atoms with van der Waals surface area (Å²) in [4.78, 5) is 12.5. The average Bonchev–Trinajstić information content (AvgIpc) is 2.99. The third-order valence-electron chi connectivity index (χ3n) is 3.66. The van der Waals surface area contributed by atoms with Gasteiger partial charge in [0.15, 0.2) is 0 Å². The molecular weight excluding hydrogens is 375 g/mol. The number of amides is 1. The van der Waals surface area contributed by atoms with Gasteiger partial charge in [0, 0.05) is 4.88 Å². The van der Waals surface area contributed by atoms with Gasteiger partial charge >= 0.3 is 0 Å². The predicted molar refractivity (Wildman–Crippen MR) is 100 cm³/mol. The van der Waals surface area contributed by atoms with E-state index in [4.69, 9.17) is 5.73 Å². The molecule has 0 bridgehead atoms. The molecule has 0 spiro atoms. The monoisotopic (exact) mass is 390 g/mol. The summed E-state index contributed by atoms with van der Waals surface area (Å²) in [7, 11) is -3.87. The lowest BCUT2D eigenvalue weighted by Crippen LogP contribution is -2.16. The van der Waals surface area contributed by atoms with E-state index in [1.54, 1.807) is 24.3 Å². The van der Waals surface area contributed by atoms with Gasteiger partial charge in [0.2, 0.25) is 0 Å². The molecule has 3 rings (SSSR count). The second-order valence-electron chi connectivity index (χ2n) is 5.64. The van der Waals surface area contributed by atoms with Gasteiger partial charge in [-0.25, -0.2) is 12.8 Å². The van der Waals surface area contributed by atoms with Crippen LogP contribution >= 0.6 is 11.3 Å². The number of halogens is 1. The van der Waals surface area contributed by atoms with Crippen molar-refractivity contribution >= 4 is 33.0 Å². The molecule has 3 aromatic rings. The molecule has 26 heavy (non-hydrogen) atoms. The lowest BCUT2D eigenvalue weighted by Gasteiger charge is -2.08. The fourth-order valence-electron chi connectivity index (χ4n) is 2.33. The molecule has 0 saturated heterocycles. The van der Waals surface area contributed by atoms with E-state index in [1.807, 2.05) is 6.92 Å². The molecule has 5 nitrogen and oxygen atoms in total. The maximum atomic E-state index is 13.1. The number of nitrogens with one attached hydrogen (secondary N) is 1. The van der Waals surface area contributed by atoms with Crippen molar-refractivity contribution in [2.75, 3.05) is 4.72 Å². The predicted octanol–water partition coefficient (Wildman–Crippen LogP) is 3.76. The van der Waals surface area contributed by atoms with E-state index in [9.17, 15) is 17.6 Å². The lowest BCUT2D eigenvalue weighted by molar-refractivity contribution is 0.100.